The van der Waals surface area contributed by atoms with E-state index in [9.17, 15) is 13.6 Å². The van der Waals surface area contributed by atoms with Crippen LogP contribution in [0.15, 0.2) is 18.2 Å². The largest absolute Gasteiger partial charge is 0.462 e. The molecule has 1 aromatic rings. The van der Waals surface area contributed by atoms with Crippen LogP contribution in [0.4, 0.5) is 8.78 Å². The maximum Gasteiger partial charge on any atom is 0.341 e. The summed E-state index contributed by atoms with van der Waals surface area (Å²) in [5, 5.41) is 0. The molecule has 0 heterocycles. The van der Waals surface area contributed by atoms with Gasteiger partial charge in [0.25, 0.3) is 0 Å². The van der Waals surface area contributed by atoms with Gasteiger partial charge >= 0.3 is 5.97 Å². The first-order valence-corrected chi connectivity index (χ1v) is 10.3. The van der Waals surface area contributed by atoms with E-state index >= 15 is 0 Å². The molecule has 0 atom stereocenters. The lowest BCUT2D eigenvalue weighted by molar-refractivity contribution is 0.0492. The molecule has 0 saturated carbocycles. The zero-order valence-electron chi connectivity index (χ0n) is 16.2. The van der Waals surface area contributed by atoms with Crippen molar-refractivity contribution in [1.29, 1.82) is 0 Å². The second-order valence-corrected chi connectivity index (χ2v) is 7.00. The zero-order valence-corrected chi connectivity index (χ0v) is 16.2. The molecule has 0 aliphatic heterocycles. The van der Waals surface area contributed by atoms with Gasteiger partial charge in [0.2, 0.25) is 0 Å². The molecule has 0 spiro atoms. The Bertz CT molecular complexity index is 503. The summed E-state index contributed by atoms with van der Waals surface area (Å²) in [6, 6.07) is 2.88. The van der Waals surface area contributed by atoms with Crippen molar-refractivity contribution in [3.63, 3.8) is 0 Å². The highest BCUT2D eigenvalue weighted by Gasteiger charge is 2.13. The van der Waals surface area contributed by atoms with Gasteiger partial charge in [0.15, 0.2) is 0 Å². The third-order valence-electron chi connectivity index (χ3n) is 4.63. The maximum absolute atomic E-state index is 13.4. The number of carbonyl (C=O) groups excluding carboxylic acids is 1. The summed E-state index contributed by atoms with van der Waals surface area (Å²) in [5.74, 6) is -2.29. The Kier molecular flexibility index (Phi) is 12.8. The van der Waals surface area contributed by atoms with Crippen LogP contribution in [0, 0.1) is 11.6 Å². The van der Waals surface area contributed by atoms with Gasteiger partial charge in [-0.1, -0.05) is 84.0 Å². The van der Waals surface area contributed by atoms with E-state index in [1.807, 2.05) is 0 Å². The van der Waals surface area contributed by atoms with Crippen LogP contribution >= 0.6 is 0 Å². The number of hydrogen-bond acceptors (Lipinski definition) is 2. The number of ether oxygens (including phenoxy) is 1. The summed E-state index contributed by atoms with van der Waals surface area (Å²) in [7, 11) is 0. The molecule has 2 nitrogen and oxygen atoms in total. The van der Waals surface area contributed by atoms with Crippen LogP contribution in [0.25, 0.3) is 0 Å². The minimum atomic E-state index is -0.875. The molecule has 0 aliphatic carbocycles. The van der Waals surface area contributed by atoms with Gasteiger partial charge in [-0.3, -0.25) is 0 Å². The molecule has 0 unspecified atom stereocenters. The van der Waals surface area contributed by atoms with E-state index < -0.39 is 17.6 Å². The molecule has 0 bridgehead atoms. The lowest BCUT2D eigenvalue weighted by Gasteiger charge is -2.06. The van der Waals surface area contributed by atoms with Gasteiger partial charge in [-0.05, 0) is 18.6 Å². The average molecular weight is 369 g/mol. The molecule has 1 rings (SSSR count). The van der Waals surface area contributed by atoms with Gasteiger partial charge in [0.05, 0.1) is 12.2 Å². The first-order chi connectivity index (χ1) is 12.6. The summed E-state index contributed by atoms with van der Waals surface area (Å²) in [6.45, 7) is 2.53. The minimum Gasteiger partial charge on any atom is -0.462 e. The lowest BCUT2D eigenvalue weighted by atomic mass is 10.0. The monoisotopic (exact) mass is 368 g/mol. The van der Waals surface area contributed by atoms with Gasteiger partial charge in [0, 0.05) is 6.07 Å². The van der Waals surface area contributed by atoms with Gasteiger partial charge in [-0.25, -0.2) is 13.6 Å². The van der Waals surface area contributed by atoms with Crippen molar-refractivity contribution in [3.8, 4) is 0 Å². The molecule has 1 aromatic carbocycles. The van der Waals surface area contributed by atoms with Crippen molar-refractivity contribution in [1.82, 2.24) is 0 Å². The van der Waals surface area contributed by atoms with Crippen molar-refractivity contribution in [2.45, 2.75) is 90.4 Å². The van der Waals surface area contributed by atoms with Crippen LogP contribution in [-0.4, -0.2) is 12.6 Å². The number of esters is 1. The third-order valence-corrected chi connectivity index (χ3v) is 4.63. The van der Waals surface area contributed by atoms with Crippen LogP contribution in [0.2, 0.25) is 0 Å². The molecule has 0 aliphatic rings. The molecule has 0 aromatic heterocycles. The predicted octanol–water partition coefficient (Wildman–Crippen LogP) is 7.21. The van der Waals surface area contributed by atoms with Gasteiger partial charge < -0.3 is 4.74 Å². The summed E-state index contributed by atoms with van der Waals surface area (Å²) in [5.41, 5.74) is -0.207. The summed E-state index contributed by atoms with van der Waals surface area (Å²) in [4.78, 5) is 11.7. The molecule has 26 heavy (non-hydrogen) atoms. The second kappa shape index (κ2) is 14.7. The van der Waals surface area contributed by atoms with E-state index in [2.05, 4.69) is 6.92 Å². The molecule has 4 heteroatoms. The van der Waals surface area contributed by atoms with E-state index in [4.69, 9.17) is 4.74 Å². The standard InChI is InChI=1S/C22H34F2O2/c1-2-3-4-5-6-7-8-9-10-11-12-13-14-17-26-22(25)20-16-15-19(23)18-21(20)24/h15-16,18H,2-14,17H2,1H3. The van der Waals surface area contributed by atoms with Crippen LogP contribution < -0.4 is 0 Å². The van der Waals surface area contributed by atoms with Crippen molar-refractivity contribution in [2.75, 3.05) is 6.61 Å². The Hall–Kier alpha value is -1.45. The van der Waals surface area contributed by atoms with Gasteiger partial charge in [-0.2, -0.15) is 0 Å². The first kappa shape index (κ1) is 22.6. The predicted molar refractivity (Wildman–Crippen MR) is 102 cm³/mol. The number of benzene rings is 1. The quantitative estimate of drug-likeness (QED) is 0.241. The highest BCUT2D eigenvalue weighted by Crippen LogP contribution is 2.13. The molecule has 148 valence electrons. The summed E-state index contributed by atoms with van der Waals surface area (Å²) < 4.78 is 31.3. The number of unbranched alkanes of at least 4 members (excludes halogenated alkanes) is 12. The molecular weight excluding hydrogens is 334 g/mol. The number of hydrogen-bond donors (Lipinski definition) is 0. The molecule has 0 saturated heterocycles. The van der Waals surface area contributed by atoms with Gasteiger partial charge in [-0.15, -0.1) is 0 Å². The summed E-state index contributed by atoms with van der Waals surface area (Å²) >= 11 is 0. The Labute approximate surface area is 157 Å². The van der Waals surface area contributed by atoms with Crippen molar-refractivity contribution in [2.24, 2.45) is 0 Å². The van der Waals surface area contributed by atoms with E-state index in [0.29, 0.717) is 6.07 Å². The SMILES string of the molecule is CCCCCCCCCCCCCCCOC(=O)c1ccc(F)cc1F. The first-order valence-electron chi connectivity index (χ1n) is 10.3. The molecule has 0 N–H and O–H groups in total. The van der Waals surface area contributed by atoms with Crippen LogP contribution in [-0.2, 0) is 4.74 Å². The smallest absolute Gasteiger partial charge is 0.341 e. The highest BCUT2D eigenvalue weighted by atomic mass is 19.1. The van der Waals surface area contributed by atoms with Crippen LogP contribution in [0.1, 0.15) is 101 Å². The van der Waals surface area contributed by atoms with E-state index in [0.717, 1.165) is 31.4 Å². The second-order valence-electron chi connectivity index (χ2n) is 7.00. The van der Waals surface area contributed by atoms with Gasteiger partial charge in [0.1, 0.15) is 11.6 Å². The molecule has 0 radical (unpaired) electrons. The van der Waals surface area contributed by atoms with Crippen molar-refractivity contribution >= 4 is 5.97 Å². The molecular formula is C22H34F2O2. The third kappa shape index (κ3) is 10.5. The highest BCUT2D eigenvalue weighted by molar-refractivity contribution is 5.89. The fourth-order valence-electron chi connectivity index (χ4n) is 3.02. The van der Waals surface area contributed by atoms with Crippen LogP contribution in [0.3, 0.4) is 0 Å². The number of halogens is 2. The van der Waals surface area contributed by atoms with E-state index in [1.54, 1.807) is 0 Å². The Morgan fingerprint density at radius 1 is 0.808 bits per heavy atom. The number of carbonyl (C=O) groups is 1. The minimum absolute atomic E-state index is 0.207. The summed E-state index contributed by atoms with van der Waals surface area (Å²) in [6.07, 6.45) is 16.3. The fourth-order valence-corrected chi connectivity index (χ4v) is 3.02. The number of rotatable bonds is 15. The Balaban J connectivity index is 1.91. The normalized spacial score (nSPS) is 10.9. The fraction of sp³-hybridized carbons (Fsp3) is 0.682. The lowest BCUT2D eigenvalue weighted by Crippen LogP contribution is -2.08. The van der Waals surface area contributed by atoms with Crippen molar-refractivity contribution in [3.05, 3.63) is 35.4 Å². The van der Waals surface area contributed by atoms with E-state index in [1.165, 1.54) is 64.2 Å². The average Bonchev–Trinajstić information content (AvgIpc) is 2.61. The zero-order chi connectivity index (χ0) is 19.0. The van der Waals surface area contributed by atoms with Crippen LogP contribution in [0.5, 0.6) is 0 Å². The topological polar surface area (TPSA) is 26.3 Å². The van der Waals surface area contributed by atoms with E-state index in [-0.39, 0.29) is 12.2 Å². The Morgan fingerprint density at radius 2 is 1.31 bits per heavy atom. The van der Waals surface area contributed by atoms with Crippen molar-refractivity contribution < 1.29 is 18.3 Å². The Morgan fingerprint density at radius 3 is 1.81 bits per heavy atom. The molecule has 0 fully saturated rings. The molecule has 0 amide bonds. The maximum atomic E-state index is 13.4.